The van der Waals surface area contributed by atoms with Crippen molar-refractivity contribution in [1.82, 2.24) is 0 Å². The van der Waals surface area contributed by atoms with E-state index >= 15 is 0 Å². The maximum Gasteiger partial charge on any atom is 0.131 e. The average Bonchev–Trinajstić information content (AvgIpc) is 2.14. The Bertz CT molecular complexity index is 340. The second-order valence-electron chi connectivity index (χ2n) is 3.46. The van der Waals surface area contributed by atoms with Gasteiger partial charge in [-0.15, -0.1) is 0 Å². The van der Waals surface area contributed by atoms with Gasteiger partial charge in [0, 0.05) is 10.0 Å². The van der Waals surface area contributed by atoms with Crippen molar-refractivity contribution in [2.24, 2.45) is 0 Å². The molecule has 1 aromatic carbocycles. The van der Waals surface area contributed by atoms with E-state index < -0.39 is 6.10 Å². The lowest BCUT2D eigenvalue weighted by atomic mass is 10.1. The first kappa shape index (κ1) is 12.5. The van der Waals surface area contributed by atoms with Gasteiger partial charge in [-0.25, -0.2) is 4.39 Å². The molecule has 0 aliphatic carbocycles. The van der Waals surface area contributed by atoms with Gasteiger partial charge in [0.05, 0.1) is 13.2 Å². The molecule has 4 heteroatoms. The Labute approximate surface area is 97.2 Å². The summed E-state index contributed by atoms with van der Waals surface area (Å²) in [4.78, 5) is 0. The molecule has 0 aromatic heterocycles. The molecule has 0 radical (unpaired) electrons. The van der Waals surface area contributed by atoms with Crippen molar-refractivity contribution in [3.8, 4) is 5.75 Å². The van der Waals surface area contributed by atoms with Crippen molar-refractivity contribution in [1.29, 1.82) is 0 Å². The van der Waals surface area contributed by atoms with Crippen LogP contribution in [-0.2, 0) is 6.42 Å². The topological polar surface area (TPSA) is 29.5 Å². The van der Waals surface area contributed by atoms with Gasteiger partial charge >= 0.3 is 0 Å². The van der Waals surface area contributed by atoms with Crippen LogP contribution in [0, 0.1) is 5.82 Å². The number of halogens is 2. The van der Waals surface area contributed by atoms with E-state index in [9.17, 15) is 4.39 Å². The molecule has 0 bridgehead atoms. The molecule has 84 valence electrons. The van der Waals surface area contributed by atoms with Gasteiger partial charge in [0.2, 0.25) is 0 Å². The van der Waals surface area contributed by atoms with Crippen LogP contribution in [0.2, 0.25) is 0 Å². The number of aliphatic hydroxyl groups is 1. The predicted octanol–water partition coefficient (Wildman–Crippen LogP) is 2.91. The summed E-state index contributed by atoms with van der Waals surface area (Å²) < 4.78 is 19.3. The number of hydrogen-bond acceptors (Lipinski definition) is 2. The Kier molecular flexibility index (Phi) is 4.54. The van der Waals surface area contributed by atoms with E-state index in [1.807, 2.05) is 0 Å². The molecule has 0 fully saturated rings. The van der Waals surface area contributed by atoms with Gasteiger partial charge in [0.15, 0.2) is 0 Å². The van der Waals surface area contributed by atoms with Gasteiger partial charge in [0.1, 0.15) is 11.6 Å². The molecule has 1 N–H and O–H groups in total. The van der Waals surface area contributed by atoms with Crippen molar-refractivity contribution in [3.05, 3.63) is 28.0 Å². The third-order valence-corrected chi connectivity index (χ3v) is 2.61. The van der Waals surface area contributed by atoms with E-state index in [1.54, 1.807) is 13.0 Å². The van der Waals surface area contributed by atoms with Gasteiger partial charge in [-0.3, -0.25) is 0 Å². The lowest BCUT2D eigenvalue weighted by Crippen LogP contribution is -2.04. The number of ether oxygens (including phenoxy) is 1. The lowest BCUT2D eigenvalue weighted by molar-refractivity contribution is 0.184. The summed E-state index contributed by atoms with van der Waals surface area (Å²) in [7, 11) is 1.51. The van der Waals surface area contributed by atoms with Crippen LogP contribution in [0.3, 0.4) is 0 Å². The first-order valence-corrected chi connectivity index (χ1v) is 5.54. The minimum absolute atomic E-state index is 0.304. The smallest absolute Gasteiger partial charge is 0.131 e. The zero-order valence-electron chi connectivity index (χ0n) is 8.76. The summed E-state index contributed by atoms with van der Waals surface area (Å²) in [6.07, 6.45) is 0.562. The second kappa shape index (κ2) is 5.47. The highest BCUT2D eigenvalue weighted by Crippen LogP contribution is 2.27. The fourth-order valence-corrected chi connectivity index (χ4v) is 1.77. The second-order valence-corrected chi connectivity index (χ2v) is 4.37. The third-order valence-electron chi connectivity index (χ3n) is 2.15. The molecule has 0 spiro atoms. The number of benzene rings is 1. The molecule has 0 unspecified atom stereocenters. The van der Waals surface area contributed by atoms with Gasteiger partial charge in [0.25, 0.3) is 0 Å². The van der Waals surface area contributed by atoms with Gasteiger partial charge in [-0.05, 0) is 31.9 Å². The summed E-state index contributed by atoms with van der Waals surface area (Å²) in [5.74, 6) is 0.212. The highest BCUT2D eigenvalue weighted by atomic mass is 79.9. The lowest BCUT2D eigenvalue weighted by Gasteiger charge is -2.11. The number of hydrogen-bond donors (Lipinski definition) is 1. The van der Waals surface area contributed by atoms with E-state index in [2.05, 4.69) is 15.9 Å². The summed E-state index contributed by atoms with van der Waals surface area (Å²) >= 11 is 3.20. The Balaban J connectivity index is 2.93. The fourth-order valence-electron chi connectivity index (χ4n) is 1.36. The Morgan fingerprint density at radius 3 is 2.73 bits per heavy atom. The van der Waals surface area contributed by atoms with Crippen LogP contribution in [0.5, 0.6) is 5.75 Å². The van der Waals surface area contributed by atoms with Crippen molar-refractivity contribution in [3.63, 3.8) is 0 Å². The number of aliphatic hydroxyl groups excluding tert-OH is 1. The van der Waals surface area contributed by atoms with Crippen LogP contribution in [0.1, 0.15) is 18.9 Å². The SMILES string of the molecule is COc1cc(Br)cc(F)c1CC[C@@H](C)O. The molecule has 2 nitrogen and oxygen atoms in total. The highest BCUT2D eigenvalue weighted by Gasteiger charge is 2.11. The summed E-state index contributed by atoms with van der Waals surface area (Å²) in [6.45, 7) is 1.68. The molecule has 1 aromatic rings. The Morgan fingerprint density at radius 1 is 1.53 bits per heavy atom. The molecule has 0 aliphatic rings. The summed E-state index contributed by atoms with van der Waals surface area (Å²) in [5.41, 5.74) is 0.515. The van der Waals surface area contributed by atoms with E-state index in [1.165, 1.54) is 13.2 Å². The molecular weight excluding hydrogens is 263 g/mol. The zero-order chi connectivity index (χ0) is 11.4. The first-order valence-electron chi connectivity index (χ1n) is 4.74. The third kappa shape index (κ3) is 3.47. The summed E-state index contributed by atoms with van der Waals surface area (Å²) in [5, 5.41) is 9.15. The highest BCUT2D eigenvalue weighted by molar-refractivity contribution is 9.10. The van der Waals surface area contributed by atoms with Crippen LogP contribution in [0.4, 0.5) is 4.39 Å². The van der Waals surface area contributed by atoms with E-state index in [4.69, 9.17) is 9.84 Å². The molecule has 15 heavy (non-hydrogen) atoms. The minimum atomic E-state index is -0.433. The quantitative estimate of drug-likeness (QED) is 0.917. The Hall–Kier alpha value is -0.610. The zero-order valence-corrected chi connectivity index (χ0v) is 10.3. The van der Waals surface area contributed by atoms with E-state index in [-0.39, 0.29) is 5.82 Å². The van der Waals surface area contributed by atoms with Crippen LogP contribution < -0.4 is 4.74 Å². The largest absolute Gasteiger partial charge is 0.496 e. The van der Waals surface area contributed by atoms with Gasteiger partial charge in [-0.1, -0.05) is 15.9 Å². The van der Waals surface area contributed by atoms with Crippen molar-refractivity contribution >= 4 is 15.9 Å². The molecule has 1 rings (SSSR count). The molecule has 0 heterocycles. The van der Waals surface area contributed by atoms with Gasteiger partial charge < -0.3 is 9.84 Å². The first-order chi connectivity index (χ1) is 7.04. The monoisotopic (exact) mass is 276 g/mol. The standard InChI is InChI=1S/C11H14BrFO2/c1-7(14)3-4-9-10(13)5-8(12)6-11(9)15-2/h5-7,14H,3-4H2,1-2H3/t7-/m1/s1. The van der Waals surface area contributed by atoms with Gasteiger partial charge in [-0.2, -0.15) is 0 Å². The van der Waals surface area contributed by atoms with Crippen molar-refractivity contribution in [2.45, 2.75) is 25.9 Å². The molecule has 0 saturated carbocycles. The van der Waals surface area contributed by atoms with Crippen LogP contribution >= 0.6 is 15.9 Å². The normalized spacial score (nSPS) is 12.6. The molecule has 0 saturated heterocycles. The maximum absolute atomic E-state index is 13.6. The maximum atomic E-state index is 13.6. The molecule has 0 amide bonds. The van der Waals surface area contributed by atoms with Crippen molar-refractivity contribution in [2.75, 3.05) is 7.11 Å². The minimum Gasteiger partial charge on any atom is -0.496 e. The van der Waals surface area contributed by atoms with Crippen LogP contribution in [0.15, 0.2) is 16.6 Å². The Morgan fingerprint density at radius 2 is 2.20 bits per heavy atom. The predicted molar refractivity (Wildman–Crippen MR) is 60.7 cm³/mol. The van der Waals surface area contributed by atoms with E-state index in [0.29, 0.717) is 28.6 Å². The molecule has 0 aliphatic heterocycles. The summed E-state index contributed by atoms with van der Waals surface area (Å²) in [6, 6.07) is 3.13. The van der Waals surface area contributed by atoms with E-state index in [0.717, 1.165) is 0 Å². The van der Waals surface area contributed by atoms with Crippen LogP contribution in [0.25, 0.3) is 0 Å². The fraction of sp³-hybridized carbons (Fsp3) is 0.455. The average molecular weight is 277 g/mol. The number of methoxy groups -OCH3 is 1. The molecular formula is C11H14BrFO2. The molecule has 1 atom stereocenters. The van der Waals surface area contributed by atoms with Crippen LogP contribution in [-0.4, -0.2) is 18.3 Å². The van der Waals surface area contributed by atoms with Crippen molar-refractivity contribution < 1.29 is 14.2 Å². The number of rotatable bonds is 4.